The maximum absolute atomic E-state index is 13.7. The van der Waals surface area contributed by atoms with Crippen molar-refractivity contribution in [1.29, 1.82) is 0 Å². The monoisotopic (exact) mass is 380 g/mol. The molecule has 0 bridgehead atoms. The van der Waals surface area contributed by atoms with Crippen molar-refractivity contribution in [2.45, 2.75) is 38.5 Å². The standard InChI is InChI=1S/C23H25FN2O2/c24-19-8-2-3-9-20(19)25-22(27)17-11-13-18(14-12-17)23(28)26-15-5-7-16-6-1-4-10-21(16)26/h1-4,6,8-10,17-18H,5,7,11-15H2,(H,25,27). The largest absolute Gasteiger partial charge is 0.323 e. The topological polar surface area (TPSA) is 49.4 Å². The van der Waals surface area contributed by atoms with Gasteiger partial charge in [0.25, 0.3) is 0 Å². The number of hydrogen-bond donors (Lipinski definition) is 1. The van der Waals surface area contributed by atoms with Crippen LogP contribution in [0.25, 0.3) is 0 Å². The smallest absolute Gasteiger partial charge is 0.230 e. The van der Waals surface area contributed by atoms with E-state index in [2.05, 4.69) is 11.4 Å². The molecule has 0 saturated heterocycles. The first-order valence-electron chi connectivity index (χ1n) is 10.1. The van der Waals surface area contributed by atoms with Gasteiger partial charge >= 0.3 is 0 Å². The number of nitrogens with zero attached hydrogens (tertiary/aromatic N) is 1. The third-order valence-electron chi connectivity index (χ3n) is 5.96. The van der Waals surface area contributed by atoms with Gasteiger partial charge in [-0.25, -0.2) is 4.39 Å². The normalized spacial score (nSPS) is 21.7. The van der Waals surface area contributed by atoms with Crippen LogP contribution in [0.5, 0.6) is 0 Å². The summed E-state index contributed by atoms with van der Waals surface area (Å²) in [6.07, 6.45) is 4.73. The number of rotatable bonds is 3. The first-order chi connectivity index (χ1) is 13.6. The average Bonchev–Trinajstić information content (AvgIpc) is 2.74. The predicted molar refractivity (Wildman–Crippen MR) is 108 cm³/mol. The molecule has 0 radical (unpaired) electrons. The summed E-state index contributed by atoms with van der Waals surface area (Å²) in [7, 11) is 0. The lowest BCUT2D eigenvalue weighted by molar-refractivity contribution is -0.126. The average molecular weight is 380 g/mol. The molecule has 2 aromatic rings. The second-order valence-electron chi connectivity index (χ2n) is 7.74. The second-order valence-corrected chi connectivity index (χ2v) is 7.74. The molecule has 28 heavy (non-hydrogen) atoms. The van der Waals surface area contributed by atoms with Crippen molar-refractivity contribution in [2.24, 2.45) is 11.8 Å². The van der Waals surface area contributed by atoms with Crippen LogP contribution in [-0.4, -0.2) is 18.4 Å². The molecule has 0 unspecified atom stereocenters. The minimum Gasteiger partial charge on any atom is -0.323 e. The van der Waals surface area contributed by atoms with Gasteiger partial charge < -0.3 is 10.2 Å². The zero-order chi connectivity index (χ0) is 19.5. The fourth-order valence-electron chi connectivity index (χ4n) is 4.38. The lowest BCUT2D eigenvalue weighted by Crippen LogP contribution is -2.41. The number of carbonyl (C=O) groups is 2. The number of benzene rings is 2. The lowest BCUT2D eigenvalue weighted by atomic mass is 9.80. The fraction of sp³-hybridized carbons (Fsp3) is 0.391. The van der Waals surface area contributed by atoms with Crippen LogP contribution in [0.1, 0.15) is 37.7 Å². The van der Waals surface area contributed by atoms with Crippen molar-refractivity contribution in [3.8, 4) is 0 Å². The van der Waals surface area contributed by atoms with E-state index in [4.69, 9.17) is 0 Å². The van der Waals surface area contributed by atoms with Gasteiger partial charge in [-0.05, 0) is 62.3 Å². The Balaban J connectivity index is 1.36. The van der Waals surface area contributed by atoms with Gasteiger partial charge in [-0.2, -0.15) is 0 Å². The summed E-state index contributed by atoms with van der Waals surface area (Å²) in [4.78, 5) is 27.5. The molecule has 1 saturated carbocycles. The lowest BCUT2D eigenvalue weighted by Gasteiger charge is -2.34. The molecule has 1 N–H and O–H groups in total. The molecule has 1 heterocycles. The van der Waals surface area contributed by atoms with E-state index in [1.807, 2.05) is 23.1 Å². The first kappa shape index (κ1) is 18.7. The number of amides is 2. The number of anilines is 2. The molecule has 146 valence electrons. The fourth-order valence-corrected chi connectivity index (χ4v) is 4.38. The van der Waals surface area contributed by atoms with Crippen molar-refractivity contribution >= 4 is 23.2 Å². The maximum Gasteiger partial charge on any atom is 0.230 e. The van der Waals surface area contributed by atoms with Crippen LogP contribution >= 0.6 is 0 Å². The van der Waals surface area contributed by atoms with Gasteiger partial charge in [0.2, 0.25) is 11.8 Å². The van der Waals surface area contributed by atoms with Crippen LogP contribution in [0.4, 0.5) is 15.8 Å². The SMILES string of the molecule is O=C(Nc1ccccc1F)C1CCC(C(=O)N2CCCc3ccccc32)CC1. The summed E-state index contributed by atoms with van der Waals surface area (Å²) in [6, 6.07) is 14.3. The number of aryl methyl sites for hydroxylation is 1. The van der Waals surface area contributed by atoms with Gasteiger partial charge in [-0.15, -0.1) is 0 Å². The third-order valence-corrected chi connectivity index (χ3v) is 5.96. The van der Waals surface area contributed by atoms with Crippen LogP contribution in [0.2, 0.25) is 0 Å². The Hall–Kier alpha value is -2.69. The van der Waals surface area contributed by atoms with E-state index in [1.165, 1.54) is 11.6 Å². The van der Waals surface area contributed by atoms with Crippen molar-refractivity contribution in [2.75, 3.05) is 16.8 Å². The van der Waals surface area contributed by atoms with Crippen LogP contribution in [0.3, 0.4) is 0 Å². The molecule has 4 rings (SSSR count). The minimum atomic E-state index is -0.427. The summed E-state index contributed by atoms with van der Waals surface area (Å²) >= 11 is 0. The summed E-state index contributed by atoms with van der Waals surface area (Å²) in [5.41, 5.74) is 2.49. The summed E-state index contributed by atoms with van der Waals surface area (Å²) < 4.78 is 13.7. The number of nitrogens with one attached hydrogen (secondary N) is 1. The molecule has 1 fully saturated rings. The van der Waals surface area contributed by atoms with Crippen LogP contribution in [0, 0.1) is 17.7 Å². The van der Waals surface area contributed by atoms with E-state index in [9.17, 15) is 14.0 Å². The van der Waals surface area contributed by atoms with Crippen molar-refractivity contribution < 1.29 is 14.0 Å². The van der Waals surface area contributed by atoms with E-state index in [-0.39, 0.29) is 29.3 Å². The molecule has 4 nitrogen and oxygen atoms in total. The molecule has 0 spiro atoms. The van der Waals surface area contributed by atoms with Gasteiger partial charge in [0.05, 0.1) is 5.69 Å². The number of fused-ring (bicyclic) bond motifs is 1. The van der Waals surface area contributed by atoms with E-state index >= 15 is 0 Å². The Kier molecular flexibility index (Phi) is 5.42. The van der Waals surface area contributed by atoms with Crippen molar-refractivity contribution in [3.05, 3.63) is 59.9 Å². The highest BCUT2D eigenvalue weighted by Gasteiger charge is 2.34. The maximum atomic E-state index is 13.7. The van der Waals surface area contributed by atoms with Gasteiger partial charge in [0.1, 0.15) is 5.82 Å². The van der Waals surface area contributed by atoms with Crippen LogP contribution in [0.15, 0.2) is 48.5 Å². The zero-order valence-corrected chi connectivity index (χ0v) is 15.9. The molecule has 0 atom stereocenters. The number of hydrogen-bond acceptors (Lipinski definition) is 2. The van der Waals surface area contributed by atoms with Crippen molar-refractivity contribution in [1.82, 2.24) is 0 Å². The molecule has 5 heteroatoms. The third kappa shape index (κ3) is 3.79. The second kappa shape index (κ2) is 8.13. The molecule has 2 aromatic carbocycles. The molecular weight excluding hydrogens is 355 g/mol. The Morgan fingerprint density at radius 2 is 1.61 bits per heavy atom. The quantitative estimate of drug-likeness (QED) is 0.849. The van der Waals surface area contributed by atoms with E-state index in [1.54, 1.807) is 18.2 Å². The van der Waals surface area contributed by atoms with Crippen LogP contribution in [-0.2, 0) is 16.0 Å². The predicted octanol–water partition coefficient (Wildman–Crippen LogP) is 4.55. The van der Waals surface area contributed by atoms with Crippen LogP contribution < -0.4 is 10.2 Å². The Labute approximate surface area is 164 Å². The molecular formula is C23H25FN2O2. The van der Waals surface area contributed by atoms with E-state index in [0.29, 0.717) is 25.7 Å². The first-order valence-corrected chi connectivity index (χ1v) is 10.1. The highest BCUT2D eigenvalue weighted by atomic mass is 19.1. The molecule has 1 aliphatic heterocycles. The Morgan fingerprint density at radius 3 is 2.39 bits per heavy atom. The summed E-state index contributed by atoms with van der Waals surface area (Å²) in [5, 5.41) is 2.69. The Bertz CT molecular complexity index is 874. The molecule has 2 amide bonds. The molecule has 2 aliphatic rings. The van der Waals surface area contributed by atoms with Gasteiger partial charge in [-0.3, -0.25) is 9.59 Å². The van der Waals surface area contributed by atoms with Gasteiger partial charge in [0, 0.05) is 24.1 Å². The Morgan fingerprint density at radius 1 is 0.929 bits per heavy atom. The zero-order valence-electron chi connectivity index (χ0n) is 15.9. The number of carbonyl (C=O) groups excluding carboxylic acids is 2. The summed E-state index contributed by atoms with van der Waals surface area (Å²) in [5.74, 6) is -0.608. The highest BCUT2D eigenvalue weighted by Crippen LogP contribution is 2.34. The molecule has 0 aromatic heterocycles. The highest BCUT2D eigenvalue weighted by molar-refractivity contribution is 5.97. The number of para-hydroxylation sites is 2. The molecule has 1 aliphatic carbocycles. The van der Waals surface area contributed by atoms with Crippen molar-refractivity contribution in [3.63, 3.8) is 0 Å². The van der Waals surface area contributed by atoms with E-state index < -0.39 is 5.82 Å². The summed E-state index contributed by atoms with van der Waals surface area (Å²) in [6.45, 7) is 0.767. The van der Waals surface area contributed by atoms with E-state index in [0.717, 1.165) is 25.1 Å². The minimum absolute atomic E-state index is 0.0383. The number of halogens is 1. The van der Waals surface area contributed by atoms with Gasteiger partial charge in [0.15, 0.2) is 0 Å². The van der Waals surface area contributed by atoms with Gasteiger partial charge in [-0.1, -0.05) is 30.3 Å².